The fraction of sp³-hybridized carbons (Fsp3) is 0.385. The molecule has 17 heavy (non-hydrogen) atoms. The predicted octanol–water partition coefficient (Wildman–Crippen LogP) is 2.48. The molecule has 1 aliphatic heterocycles. The lowest BCUT2D eigenvalue weighted by atomic mass is 10.0. The fourth-order valence-electron chi connectivity index (χ4n) is 2.69. The highest BCUT2D eigenvalue weighted by molar-refractivity contribution is 9.10. The Bertz CT molecular complexity index is 530. The smallest absolute Gasteiger partial charge is 0.123 e. The maximum Gasteiger partial charge on any atom is 0.123 e. The van der Waals surface area contributed by atoms with Crippen molar-refractivity contribution in [1.29, 1.82) is 5.26 Å². The number of hydrogen-bond acceptors (Lipinski definition) is 3. The average molecular weight is 290 g/mol. The number of halogens is 1. The summed E-state index contributed by atoms with van der Waals surface area (Å²) in [5.41, 5.74) is 3.01. The van der Waals surface area contributed by atoms with Gasteiger partial charge in [0.2, 0.25) is 0 Å². The Labute approximate surface area is 109 Å². The Morgan fingerprint density at radius 3 is 3.18 bits per heavy atom. The van der Waals surface area contributed by atoms with Gasteiger partial charge in [0.1, 0.15) is 10.7 Å². The SMILES string of the molecule is N#Cc1cc(C2=C[C@@H]3CCN[C@@H]3C2)cnc1Br. The van der Waals surface area contributed by atoms with Crippen molar-refractivity contribution in [2.24, 2.45) is 5.92 Å². The molecule has 0 spiro atoms. The monoisotopic (exact) mass is 289 g/mol. The first-order valence-corrected chi connectivity index (χ1v) is 6.57. The lowest BCUT2D eigenvalue weighted by Gasteiger charge is -2.08. The van der Waals surface area contributed by atoms with Crippen LogP contribution in [0.15, 0.2) is 22.9 Å². The van der Waals surface area contributed by atoms with E-state index in [-0.39, 0.29) is 0 Å². The van der Waals surface area contributed by atoms with Gasteiger partial charge in [0.05, 0.1) is 5.56 Å². The van der Waals surface area contributed by atoms with Crippen molar-refractivity contribution in [3.05, 3.63) is 34.1 Å². The minimum Gasteiger partial charge on any atom is -0.313 e. The summed E-state index contributed by atoms with van der Waals surface area (Å²) in [5.74, 6) is 0.666. The Kier molecular flexibility index (Phi) is 2.73. The van der Waals surface area contributed by atoms with E-state index in [9.17, 15) is 0 Å². The molecular weight excluding hydrogens is 278 g/mol. The first-order chi connectivity index (χ1) is 8.28. The van der Waals surface area contributed by atoms with Gasteiger partial charge in [-0.3, -0.25) is 0 Å². The molecule has 2 atom stereocenters. The van der Waals surface area contributed by atoms with E-state index in [0.717, 1.165) is 18.5 Å². The largest absolute Gasteiger partial charge is 0.313 e. The molecule has 1 aromatic rings. The lowest BCUT2D eigenvalue weighted by molar-refractivity contribution is 0.563. The molecule has 1 aliphatic carbocycles. The van der Waals surface area contributed by atoms with E-state index < -0.39 is 0 Å². The third-order valence-corrected chi connectivity index (χ3v) is 4.22. The standard InChI is InChI=1S/C13H12BrN3/c14-13-10(6-15)4-11(7-17-13)9-3-8-1-2-16-12(8)5-9/h3-4,7-8,12,16H,1-2,5H2/t8-,12+/m0/s1. The van der Waals surface area contributed by atoms with E-state index in [1.807, 2.05) is 12.3 Å². The van der Waals surface area contributed by atoms with Gasteiger partial charge < -0.3 is 5.32 Å². The van der Waals surface area contributed by atoms with Crippen molar-refractivity contribution in [2.75, 3.05) is 6.54 Å². The molecule has 0 amide bonds. The highest BCUT2D eigenvalue weighted by atomic mass is 79.9. The summed E-state index contributed by atoms with van der Waals surface area (Å²) >= 11 is 3.28. The molecule has 0 saturated carbocycles. The van der Waals surface area contributed by atoms with Gasteiger partial charge in [0.15, 0.2) is 0 Å². The Hall–Kier alpha value is -1.18. The number of nitrogens with zero attached hydrogens (tertiary/aromatic N) is 2. The first kappa shape index (κ1) is 10.9. The van der Waals surface area contributed by atoms with Gasteiger partial charge in [0.25, 0.3) is 0 Å². The second kappa shape index (κ2) is 4.25. The summed E-state index contributed by atoms with van der Waals surface area (Å²) in [6, 6.07) is 4.67. The van der Waals surface area contributed by atoms with E-state index in [4.69, 9.17) is 5.26 Å². The summed E-state index contributed by atoms with van der Waals surface area (Å²) in [4.78, 5) is 4.22. The van der Waals surface area contributed by atoms with Crippen LogP contribution in [-0.4, -0.2) is 17.6 Å². The third kappa shape index (κ3) is 1.90. The van der Waals surface area contributed by atoms with E-state index in [2.05, 4.69) is 38.4 Å². The number of fused-ring (bicyclic) bond motifs is 1. The molecule has 0 bridgehead atoms. The van der Waals surface area contributed by atoms with Gasteiger partial charge in [0, 0.05) is 12.2 Å². The molecule has 1 N–H and O–H groups in total. The molecule has 2 aliphatic rings. The Morgan fingerprint density at radius 2 is 2.41 bits per heavy atom. The van der Waals surface area contributed by atoms with E-state index in [1.54, 1.807) is 0 Å². The highest BCUT2D eigenvalue weighted by Gasteiger charge is 2.31. The number of aromatic nitrogens is 1. The number of pyridine rings is 1. The van der Waals surface area contributed by atoms with Crippen LogP contribution in [0.25, 0.3) is 5.57 Å². The zero-order valence-corrected chi connectivity index (χ0v) is 10.9. The molecule has 1 saturated heterocycles. The van der Waals surface area contributed by atoms with Gasteiger partial charge >= 0.3 is 0 Å². The van der Waals surface area contributed by atoms with Crippen LogP contribution in [-0.2, 0) is 0 Å². The van der Waals surface area contributed by atoms with E-state index in [1.165, 1.54) is 12.0 Å². The third-order valence-electron chi connectivity index (χ3n) is 3.59. The predicted molar refractivity (Wildman–Crippen MR) is 69.1 cm³/mol. The van der Waals surface area contributed by atoms with Crippen LogP contribution in [0.1, 0.15) is 24.0 Å². The minimum absolute atomic E-state index is 0.596. The number of rotatable bonds is 1. The van der Waals surface area contributed by atoms with Gasteiger partial charge in [-0.2, -0.15) is 5.26 Å². The Balaban J connectivity index is 1.93. The average Bonchev–Trinajstić information content (AvgIpc) is 2.90. The van der Waals surface area contributed by atoms with Gasteiger partial charge in [-0.15, -0.1) is 0 Å². The topological polar surface area (TPSA) is 48.7 Å². The minimum atomic E-state index is 0.596. The molecule has 1 aromatic heterocycles. The van der Waals surface area contributed by atoms with Crippen LogP contribution in [0.2, 0.25) is 0 Å². The van der Waals surface area contributed by atoms with Crippen LogP contribution in [0.3, 0.4) is 0 Å². The molecule has 0 unspecified atom stereocenters. The maximum atomic E-state index is 9.00. The second-order valence-electron chi connectivity index (χ2n) is 4.58. The molecule has 0 aromatic carbocycles. The summed E-state index contributed by atoms with van der Waals surface area (Å²) < 4.78 is 0.626. The summed E-state index contributed by atoms with van der Waals surface area (Å²) in [7, 11) is 0. The number of hydrogen-bond donors (Lipinski definition) is 1. The van der Waals surface area contributed by atoms with Crippen molar-refractivity contribution in [3.8, 4) is 6.07 Å². The zero-order chi connectivity index (χ0) is 11.8. The highest BCUT2D eigenvalue weighted by Crippen LogP contribution is 2.36. The van der Waals surface area contributed by atoms with Crippen LogP contribution in [0.5, 0.6) is 0 Å². The van der Waals surface area contributed by atoms with Gasteiger partial charge in [-0.1, -0.05) is 6.08 Å². The number of nitrogens with one attached hydrogen (secondary N) is 1. The summed E-state index contributed by atoms with van der Waals surface area (Å²) in [5, 5.41) is 12.5. The van der Waals surface area contributed by atoms with Crippen molar-refractivity contribution < 1.29 is 0 Å². The molecule has 3 rings (SSSR count). The van der Waals surface area contributed by atoms with E-state index in [0.29, 0.717) is 22.1 Å². The van der Waals surface area contributed by atoms with Crippen molar-refractivity contribution in [2.45, 2.75) is 18.9 Å². The van der Waals surface area contributed by atoms with Gasteiger partial charge in [-0.25, -0.2) is 4.98 Å². The van der Waals surface area contributed by atoms with E-state index >= 15 is 0 Å². The lowest BCUT2D eigenvalue weighted by Crippen LogP contribution is -2.22. The molecule has 3 nitrogen and oxygen atoms in total. The van der Waals surface area contributed by atoms with Gasteiger partial charge in [-0.05, 0) is 58.4 Å². The summed E-state index contributed by atoms with van der Waals surface area (Å²) in [6.45, 7) is 1.13. The molecule has 86 valence electrons. The van der Waals surface area contributed by atoms with Crippen LogP contribution in [0, 0.1) is 17.2 Å². The normalized spacial score (nSPS) is 26.5. The molecule has 1 fully saturated rings. The summed E-state index contributed by atoms with van der Waals surface area (Å²) in [6.07, 6.45) is 6.47. The Morgan fingerprint density at radius 1 is 1.53 bits per heavy atom. The van der Waals surface area contributed by atoms with Crippen molar-refractivity contribution in [3.63, 3.8) is 0 Å². The van der Waals surface area contributed by atoms with Crippen molar-refractivity contribution >= 4 is 21.5 Å². The zero-order valence-electron chi connectivity index (χ0n) is 9.28. The van der Waals surface area contributed by atoms with Crippen LogP contribution in [0.4, 0.5) is 0 Å². The maximum absolute atomic E-state index is 9.00. The molecular formula is C13H12BrN3. The quantitative estimate of drug-likeness (QED) is 0.808. The molecule has 0 radical (unpaired) electrons. The molecule has 2 heterocycles. The van der Waals surface area contributed by atoms with Crippen LogP contribution >= 0.6 is 15.9 Å². The second-order valence-corrected chi connectivity index (χ2v) is 5.33. The number of nitriles is 1. The fourth-order valence-corrected chi connectivity index (χ4v) is 3.00. The van der Waals surface area contributed by atoms with Crippen molar-refractivity contribution in [1.82, 2.24) is 10.3 Å². The first-order valence-electron chi connectivity index (χ1n) is 5.78. The molecule has 4 heteroatoms. The van der Waals surface area contributed by atoms with Crippen LogP contribution < -0.4 is 5.32 Å².